The predicted octanol–water partition coefficient (Wildman–Crippen LogP) is 3.28. The van der Waals surface area contributed by atoms with Crippen LogP contribution in [0.4, 0.5) is 5.69 Å². The van der Waals surface area contributed by atoms with Gasteiger partial charge in [-0.1, -0.05) is 36.4 Å². The molecule has 0 spiro atoms. The highest BCUT2D eigenvalue weighted by Crippen LogP contribution is 2.38. The van der Waals surface area contributed by atoms with Crippen LogP contribution in [-0.2, 0) is 9.53 Å². The van der Waals surface area contributed by atoms with Gasteiger partial charge in [0.15, 0.2) is 29.7 Å². The van der Waals surface area contributed by atoms with Crippen LogP contribution in [-0.4, -0.2) is 51.4 Å². The number of hydrogen-bond donors (Lipinski definition) is 1. The molecule has 0 saturated heterocycles. The van der Waals surface area contributed by atoms with Gasteiger partial charge >= 0.3 is 5.97 Å². The van der Waals surface area contributed by atoms with E-state index in [1.165, 1.54) is 45.6 Å². The smallest absolute Gasteiger partial charge is 0.338 e. The number of methoxy groups -OCH3 is 3. The second-order valence-electron chi connectivity index (χ2n) is 7.47. The molecule has 1 aliphatic rings. The molecule has 1 N–H and O–H groups in total. The van der Waals surface area contributed by atoms with Crippen LogP contribution in [0.1, 0.15) is 42.2 Å². The zero-order valence-electron chi connectivity index (χ0n) is 19.2. The zero-order chi connectivity index (χ0) is 25.1. The summed E-state index contributed by atoms with van der Waals surface area (Å²) in [5, 5.41) is 2.56. The molecule has 35 heavy (non-hydrogen) atoms. The Kier molecular flexibility index (Phi) is 6.50. The topological polar surface area (TPSA) is 117 Å². The zero-order valence-corrected chi connectivity index (χ0v) is 19.2. The van der Waals surface area contributed by atoms with E-state index in [4.69, 9.17) is 18.9 Å². The summed E-state index contributed by atoms with van der Waals surface area (Å²) < 4.78 is 20.8. The predicted molar refractivity (Wildman–Crippen MR) is 125 cm³/mol. The molecule has 0 unspecified atom stereocenters. The maximum absolute atomic E-state index is 13.1. The van der Waals surface area contributed by atoms with Crippen LogP contribution in [0.15, 0.2) is 54.6 Å². The van der Waals surface area contributed by atoms with Crippen molar-refractivity contribution in [1.82, 2.24) is 0 Å². The highest BCUT2D eigenvalue weighted by molar-refractivity contribution is 6.30. The number of fused-ring (bicyclic) bond motifs is 2. The van der Waals surface area contributed by atoms with Gasteiger partial charge in [-0.25, -0.2) is 4.79 Å². The van der Waals surface area contributed by atoms with Gasteiger partial charge in [-0.3, -0.25) is 14.4 Å². The Labute approximate surface area is 200 Å². The maximum Gasteiger partial charge on any atom is 0.338 e. The first-order valence-electron chi connectivity index (χ1n) is 10.5. The molecular formula is C26H21NO8. The Morgan fingerprint density at radius 3 is 1.97 bits per heavy atom. The number of ketones is 2. The Bertz CT molecular complexity index is 1340. The number of anilines is 1. The molecule has 0 aliphatic heterocycles. The number of carbonyl (C=O) groups excluding carboxylic acids is 4. The Balaban J connectivity index is 1.50. The Hall–Kier alpha value is -4.66. The molecule has 1 aliphatic carbocycles. The van der Waals surface area contributed by atoms with Crippen molar-refractivity contribution in [2.45, 2.75) is 0 Å². The van der Waals surface area contributed by atoms with E-state index in [-0.39, 0.29) is 51.0 Å². The van der Waals surface area contributed by atoms with Gasteiger partial charge in [-0.2, -0.15) is 0 Å². The van der Waals surface area contributed by atoms with Crippen LogP contribution in [0.25, 0.3) is 0 Å². The van der Waals surface area contributed by atoms with Gasteiger partial charge in [-0.15, -0.1) is 0 Å². The lowest BCUT2D eigenvalue weighted by Crippen LogP contribution is -2.26. The van der Waals surface area contributed by atoms with Crippen molar-refractivity contribution in [3.8, 4) is 17.2 Å². The summed E-state index contributed by atoms with van der Waals surface area (Å²) in [6, 6.07) is 13.9. The van der Waals surface area contributed by atoms with Gasteiger partial charge in [0.2, 0.25) is 5.75 Å². The average Bonchev–Trinajstić information content (AvgIpc) is 2.89. The number of amides is 1. The van der Waals surface area contributed by atoms with E-state index in [1.807, 2.05) is 0 Å². The van der Waals surface area contributed by atoms with E-state index >= 15 is 0 Å². The van der Waals surface area contributed by atoms with Crippen molar-refractivity contribution in [3.05, 3.63) is 82.4 Å². The minimum absolute atomic E-state index is 0.0850. The molecule has 9 nitrogen and oxygen atoms in total. The normalized spacial score (nSPS) is 11.7. The van der Waals surface area contributed by atoms with Crippen molar-refractivity contribution in [2.75, 3.05) is 33.3 Å². The first-order valence-corrected chi connectivity index (χ1v) is 10.5. The molecule has 0 saturated carbocycles. The van der Waals surface area contributed by atoms with Crippen LogP contribution >= 0.6 is 0 Å². The molecule has 0 bridgehead atoms. The van der Waals surface area contributed by atoms with Gasteiger partial charge in [0.1, 0.15) is 0 Å². The molecule has 3 aromatic rings. The van der Waals surface area contributed by atoms with Crippen LogP contribution in [0.2, 0.25) is 0 Å². The van der Waals surface area contributed by atoms with Gasteiger partial charge < -0.3 is 24.3 Å². The molecule has 0 heterocycles. The van der Waals surface area contributed by atoms with Crippen molar-refractivity contribution < 1.29 is 38.1 Å². The summed E-state index contributed by atoms with van der Waals surface area (Å²) in [5.74, 6) is -1.35. The Morgan fingerprint density at radius 1 is 0.771 bits per heavy atom. The van der Waals surface area contributed by atoms with Crippen molar-refractivity contribution in [1.29, 1.82) is 0 Å². The maximum atomic E-state index is 13.1. The third kappa shape index (κ3) is 4.31. The van der Waals surface area contributed by atoms with E-state index in [0.717, 1.165) is 0 Å². The lowest BCUT2D eigenvalue weighted by atomic mass is 9.83. The van der Waals surface area contributed by atoms with Crippen LogP contribution in [0, 0.1) is 0 Å². The lowest BCUT2D eigenvalue weighted by molar-refractivity contribution is -0.119. The molecule has 1 amide bonds. The molecule has 3 aromatic carbocycles. The van der Waals surface area contributed by atoms with Crippen LogP contribution < -0.4 is 19.5 Å². The summed E-state index contributed by atoms with van der Waals surface area (Å²) >= 11 is 0. The number of rotatable bonds is 7. The van der Waals surface area contributed by atoms with Crippen molar-refractivity contribution >= 4 is 29.1 Å². The van der Waals surface area contributed by atoms with E-state index in [2.05, 4.69) is 5.32 Å². The molecular weight excluding hydrogens is 454 g/mol. The SMILES string of the molecule is COc1cc(C(=O)OCC(=O)Nc2cccc3c2C(=O)c2ccccc2C3=O)cc(OC)c1OC. The molecule has 4 rings (SSSR count). The highest BCUT2D eigenvalue weighted by Gasteiger charge is 2.31. The summed E-state index contributed by atoms with van der Waals surface area (Å²) in [4.78, 5) is 51.0. The summed E-state index contributed by atoms with van der Waals surface area (Å²) in [6.45, 7) is -0.627. The number of benzene rings is 3. The molecule has 0 atom stereocenters. The highest BCUT2D eigenvalue weighted by atomic mass is 16.5. The summed E-state index contributed by atoms with van der Waals surface area (Å²) in [7, 11) is 4.25. The van der Waals surface area contributed by atoms with Crippen LogP contribution in [0.3, 0.4) is 0 Å². The monoisotopic (exact) mass is 475 g/mol. The lowest BCUT2D eigenvalue weighted by Gasteiger charge is -2.20. The molecule has 9 heteroatoms. The first kappa shape index (κ1) is 23.5. The number of nitrogens with one attached hydrogen (secondary N) is 1. The van der Waals surface area contributed by atoms with E-state index in [9.17, 15) is 19.2 Å². The van der Waals surface area contributed by atoms with E-state index < -0.39 is 18.5 Å². The standard InChI is InChI=1S/C26H21NO8/c1-32-19-11-14(12-20(33-2)25(19)34-3)26(31)35-13-21(28)27-18-10-6-9-17-22(18)24(30)16-8-5-4-7-15(16)23(17)29/h4-12H,13H2,1-3H3,(H,27,28). The van der Waals surface area contributed by atoms with Gasteiger partial charge in [0.05, 0.1) is 38.1 Å². The summed E-state index contributed by atoms with van der Waals surface area (Å²) in [6.07, 6.45) is 0. The number of ether oxygens (including phenoxy) is 4. The fraction of sp³-hybridized carbons (Fsp3) is 0.154. The molecule has 0 radical (unpaired) electrons. The minimum atomic E-state index is -0.797. The minimum Gasteiger partial charge on any atom is -0.493 e. The fourth-order valence-electron chi connectivity index (χ4n) is 3.85. The Morgan fingerprint density at radius 2 is 1.37 bits per heavy atom. The molecule has 178 valence electrons. The second kappa shape index (κ2) is 9.68. The van der Waals surface area contributed by atoms with Gasteiger partial charge in [-0.05, 0) is 18.2 Å². The van der Waals surface area contributed by atoms with E-state index in [0.29, 0.717) is 11.3 Å². The number of esters is 1. The third-order valence-corrected chi connectivity index (χ3v) is 5.46. The molecule has 0 fully saturated rings. The number of hydrogen-bond acceptors (Lipinski definition) is 8. The van der Waals surface area contributed by atoms with Crippen LogP contribution in [0.5, 0.6) is 17.2 Å². The van der Waals surface area contributed by atoms with E-state index in [1.54, 1.807) is 30.3 Å². The number of carbonyl (C=O) groups is 4. The van der Waals surface area contributed by atoms with Gasteiger partial charge in [0.25, 0.3) is 5.91 Å². The summed E-state index contributed by atoms with van der Waals surface area (Å²) in [5.41, 5.74) is 1.11. The average molecular weight is 475 g/mol. The quantitative estimate of drug-likeness (QED) is 0.405. The third-order valence-electron chi connectivity index (χ3n) is 5.46. The van der Waals surface area contributed by atoms with Crippen molar-refractivity contribution in [3.63, 3.8) is 0 Å². The van der Waals surface area contributed by atoms with Crippen molar-refractivity contribution in [2.24, 2.45) is 0 Å². The first-order chi connectivity index (χ1) is 16.9. The second-order valence-corrected chi connectivity index (χ2v) is 7.47. The fourth-order valence-corrected chi connectivity index (χ4v) is 3.85. The largest absolute Gasteiger partial charge is 0.493 e. The molecule has 0 aromatic heterocycles. The van der Waals surface area contributed by atoms with Gasteiger partial charge in [0, 0.05) is 16.7 Å².